The number of nitrogens with one attached hydrogen (secondary N) is 1. The molecule has 1 N–H and O–H groups in total. The van der Waals surface area contributed by atoms with Crippen molar-refractivity contribution in [3.8, 4) is 5.69 Å². The molecule has 1 heterocycles. The van der Waals surface area contributed by atoms with E-state index in [1.807, 2.05) is 36.1 Å². The van der Waals surface area contributed by atoms with Crippen molar-refractivity contribution in [1.82, 2.24) is 15.1 Å². The Morgan fingerprint density at radius 2 is 2.00 bits per heavy atom. The fourth-order valence-corrected chi connectivity index (χ4v) is 2.28. The molecule has 1 atom stereocenters. The van der Waals surface area contributed by atoms with Crippen LogP contribution in [0.3, 0.4) is 0 Å². The number of para-hydroxylation sites is 1. The number of nitrogens with zero attached hydrogens (tertiary/aromatic N) is 2. The molecule has 1 aliphatic carbocycles. The molecule has 88 valence electrons. The van der Waals surface area contributed by atoms with Crippen LogP contribution in [-0.4, -0.2) is 16.8 Å². The standard InChI is InChI=1S/C14H17N3/c1-15-14(11-7-8-11)13-9-10-17(16-13)12-5-3-2-4-6-12/h2-6,9-11,14-15H,7-8H2,1H3. The van der Waals surface area contributed by atoms with Gasteiger partial charge >= 0.3 is 0 Å². The van der Waals surface area contributed by atoms with Crippen molar-refractivity contribution in [3.05, 3.63) is 48.3 Å². The Hall–Kier alpha value is -1.61. The highest BCUT2D eigenvalue weighted by molar-refractivity contribution is 5.30. The van der Waals surface area contributed by atoms with E-state index >= 15 is 0 Å². The third-order valence-electron chi connectivity index (χ3n) is 3.35. The van der Waals surface area contributed by atoms with Crippen molar-refractivity contribution in [2.45, 2.75) is 18.9 Å². The van der Waals surface area contributed by atoms with Gasteiger partial charge in [0.15, 0.2) is 0 Å². The number of rotatable bonds is 4. The van der Waals surface area contributed by atoms with Crippen molar-refractivity contribution in [3.63, 3.8) is 0 Å². The van der Waals surface area contributed by atoms with Crippen LogP contribution in [0.2, 0.25) is 0 Å². The summed E-state index contributed by atoms with van der Waals surface area (Å²) in [5.41, 5.74) is 2.27. The molecule has 0 aliphatic heterocycles. The molecule has 1 aromatic heterocycles. The van der Waals surface area contributed by atoms with E-state index in [-0.39, 0.29) is 0 Å². The fourth-order valence-electron chi connectivity index (χ4n) is 2.28. The molecule has 1 unspecified atom stereocenters. The van der Waals surface area contributed by atoms with Gasteiger partial charge in [-0.1, -0.05) is 18.2 Å². The molecule has 0 radical (unpaired) electrons. The van der Waals surface area contributed by atoms with Crippen LogP contribution in [0, 0.1) is 5.92 Å². The zero-order valence-electron chi connectivity index (χ0n) is 10.0. The Kier molecular flexibility index (Phi) is 2.69. The smallest absolute Gasteiger partial charge is 0.0801 e. The largest absolute Gasteiger partial charge is 0.311 e. The number of benzene rings is 1. The number of aromatic nitrogens is 2. The van der Waals surface area contributed by atoms with Crippen LogP contribution in [0.15, 0.2) is 42.6 Å². The molecular formula is C14H17N3. The molecule has 0 spiro atoms. The number of hydrogen-bond donors (Lipinski definition) is 1. The second-order valence-corrected chi connectivity index (χ2v) is 4.62. The summed E-state index contributed by atoms with van der Waals surface area (Å²) in [6.45, 7) is 0. The lowest BCUT2D eigenvalue weighted by molar-refractivity contribution is 0.511. The summed E-state index contributed by atoms with van der Waals surface area (Å²) in [5.74, 6) is 0.777. The van der Waals surface area contributed by atoms with Crippen molar-refractivity contribution >= 4 is 0 Å². The molecule has 1 fully saturated rings. The minimum atomic E-state index is 0.417. The van der Waals surface area contributed by atoms with E-state index < -0.39 is 0 Å². The zero-order valence-corrected chi connectivity index (χ0v) is 10.0. The minimum absolute atomic E-state index is 0.417. The maximum atomic E-state index is 4.67. The average Bonchev–Trinajstić information content (AvgIpc) is 3.09. The first-order valence-electron chi connectivity index (χ1n) is 6.17. The highest BCUT2D eigenvalue weighted by Crippen LogP contribution is 2.40. The van der Waals surface area contributed by atoms with Gasteiger partial charge in [0.1, 0.15) is 0 Å². The van der Waals surface area contributed by atoms with Crippen molar-refractivity contribution in [1.29, 1.82) is 0 Å². The molecule has 17 heavy (non-hydrogen) atoms. The molecule has 2 aromatic rings. The van der Waals surface area contributed by atoms with E-state index in [4.69, 9.17) is 0 Å². The summed E-state index contributed by atoms with van der Waals surface area (Å²) in [6, 6.07) is 12.8. The zero-order chi connectivity index (χ0) is 11.7. The quantitative estimate of drug-likeness (QED) is 0.870. The summed E-state index contributed by atoms with van der Waals surface area (Å²) < 4.78 is 1.95. The maximum absolute atomic E-state index is 4.67. The summed E-state index contributed by atoms with van der Waals surface area (Å²) in [7, 11) is 2.02. The van der Waals surface area contributed by atoms with Gasteiger partial charge in [-0.3, -0.25) is 0 Å². The van der Waals surface area contributed by atoms with Gasteiger partial charge in [-0.2, -0.15) is 5.10 Å². The lowest BCUT2D eigenvalue weighted by Crippen LogP contribution is -2.19. The molecule has 3 nitrogen and oxygen atoms in total. The van der Waals surface area contributed by atoms with Crippen molar-refractivity contribution in [2.75, 3.05) is 7.05 Å². The third kappa shape index (κ3) is 2.11. The second-order valence-electron chi connectivity index (χ2n) is 4.62. The monoisotopic (exact) mass is 227 g/mol. The van der Waals surface area contributed by atoms with E-state index in [1.54, 1.807) is 0 Å². The summed E-state index contributed by atoms with van der Waals surface area (Å²) in [5, 5.41) is 8.04. The second kappa shape index (κ2) is 4.34. The molecule has 1 aromatic carbocycles. The molecule has 1 aliphatic rings. The molecular weight excluding hydrogens is 210 g/mol. The van der Waals surface area contributed by atoms with E-state index in [0.29, 0.717) is 6.04 Å². The van der Waals surface area contributed by atoms with Gasteiger partial charge in [-0.25, -0.2) is 4.68 Å². The summed E-state index contributed by atoms with van der Waals surface area (Å²) in [4.78, 5) is 0. The fraction of sp³-hybridized carbons (Fsp3) is 0.357. The van der Waals surface area contributed by atoms with Crippen LogP contribution >= 0.6 is 0 Å². The number of hydrogen-bond acceptors (Lipinski definition) is 2. The van der Waals surface area contributed by atoms with Gasteiger partial charge in [-0.15, -0.1) is 0 Å². The van der Waals surface area contributed by atoms with Crippen LogP contribution in [-0.2, 0) is 0 Å². The minimum Gasteiger partial charge on any atom is -0.311 e. The lowest BCUT2D eigenvalue weighted by Gasteiger charge is -2.11. The van der Waals surface area contributed by atoms with Crippen LogP contribution in [0.25, 0.3) is 5.69 Å². The topological polar surface area (TPSA) is 29.9 Å². The Labute approximate surface area is 101 Å². The van der Waals surface area contributed by atoms with Crippen LogP contribution in [0.1, 0.15) is 24.6 Å². The Morgan fingerprint density at radius 1 is 1.24 bits per heavy atom. The Morgan fingerprint density at radius 3 is 2.65 bits per heavy atom. The van der Waals surface area contributed by atoms with Crippen molar-refractivity contribution in [2.24, 2.45) is 5.92 Å². The maximum Gasteiger partial charge on any atom is 0.0801 e. The first kappa shape index (κ1) is 10.5. The normalized spacial score (nSPS) is 17.0. The van der Waals surface area contributed by atoms with Gasteiger partial charge < -0.3 is 5.32 Å². The summed E-state index contributed by atoms with van der Waals surface area (Å²) >= 11 is 0. The molecule has 0 amide bonds. The first-order valence-corrected chi connectivity index (χ1v) is 6.17. The third-order valence-corrected chi connectivity index (χ3v) is 3.35. The van der Waals surface area contributed by atoms with E-state index in [0.717, 1.165) is 17.3 Å². The Bertz CT molecular complexity index is 485. The molecule has 3 rings (SSSR count). The highest BCUT2D eigenvalue weighted by Gasteiger charge is 2.32. The van der Waals surface area contributed by atoms with Gasteiger partial charge in [0.05, 0.1) is 17.4 Å². The molecule has 0 saturated heterocycles. The lowest BCUT2D eigenvalue weighted by atomic mass is 10.1. The SMILES string of the molecule is CNC(c1ccn(-c2ccccc2)n1)C1CC1. The molecule has 3 heteroatoms. The molecule has 1 saturated carbocycles. The van der Waals surface area contributed by atoms with Crippen LogP contribution in [0.5, 0.6) is 0 Å². The van der Waals surface area contributed by atoms with Crippen molar-refractivity contribution < 1.29 is 0 Å². The van der Waals surface area contributed by atoms with Crippen LogP contribution < -0.4 is 5.32 Å². The van der Waals surface area contributed by atoms with Gasteiger partial charge in [0.25, 0.3) is 0 Å². The van der Waals surface area contributed by atoms with Gasteiger partial charge in [-0.05, 0) is 44.0 Å². The summed E-state index contributed by atoms with van der Waals surface area (Å²) in [6.07, 6.45) is 4.69. The Balaban J connectivity index is 1.87. The van der Waals surface area contributed by atoms with E-state index in [1.165, 1.54) is 12.8 Å². The van der Waals surface area contributed by atoms with Crippen LogP contribution in [0.4, 0.5) is 0 Å². The highest BCUT2D eigenvalue weighted by atomic mass is 15.3. The van der Waals surface area contributed by atoms with Gasteiger partial charge in [0, 0.05) is 6.20 Å². The first-order chi connectivity index (χ1) is 8.38. The molecule has 0 bridgehead atoms. The average molecular weight is 227 g/mol. The predicted octanol–water partition coefficient (Wildman–Crippen LogP) is 2.54. The van der Waals surface area contributed by atoms with E-state index in [2.05, 4.69) is 28.6 Å². The predicted molar refractivity (Wildman–Crippen MR) is 68.1 cm³/mol. The van der Waals surface area contributed by atoms with Gasteiger partial charge in [0.2, 0.25) is 0 Å². The van der Waals surface area contributed by atoms with E-state index in [9.17, 15) is 0 Å².